The van der Waals surface area contributed by atoms with Gasteiger partial charge in [0, 0.05) is 18.6 Å². The number of nitrogens with one attached hydrogen (secondary N) is 1. The first-order valence-electron chi connectivity index (χ1n) is 7.15. The van der Waals surface area contributed by atoms with Gasteiger partial charge in [-0.1, -0.05) is 18.2 Å². The standard InChI is InChI=1S/C16H21N3O3S/c1-19(9-11-8-12(10-22-2)18-17-11)15(16(20)21)13-6-4-5-7-14(13)23-3/h4-8,15H,9-10H2,1-3H3,(H,17,18)(H,20,21)/t15-/m1/s1. The average molecular weight is 335 g/mol. The molecule has 1 aromatic carbocycles. The van der Waals surface area contributed by atoms with E-state index in [1.807, 2.05) is 36.6 Å². The lowest BCUT2D eigenvalue weighted by molar-refractivity contribution is -0.143. The maximum atomic E-state index is 11.8. The zero-order chi connectivity index (χ0) is 16.8. The minimum Gasteiger partial charge on any atom is -0.480 e. The molecule has 0 saturated carbocycles. The number of hydrogen-bond donors (Lipinski definition) is 2. The van der Waals surface area contributed by atoms with E-state index in [1.54, 1.807) is 30.8 Å². The first kappa shape index (κ1) is 17.5. The third-order valence-corrected chi connectivity index (χ3v) is 4.32. The monoisotopic (exact) mass is 335 g/mol. The van der Waals surface area contributed by atoms with E-state index in [2.05, 4.69) is 10.2 Å². The topological polar surface area (TPSA) is 78.4 Å². The van der Waals surface area contributed by atoms with Crippen molar-refractivity contribution in [3.63, 3.8) is 0 Å². The Kier molecular flexibility index (Phi) is 6.20. The van der Waals surface area contributed by atoms with Crippen LogP contribution in [0.15, 0.2) is 35.2 Å². The Labute approximate surface area is 139 Å². The molecule has 0 aliphatic carbocycles. The molecule has 1 atom stereocenters. The molecule has 1 aromatic heterocycles. The lowest BCUT2D eigenvalue weighted by Crippen LogP contribution is -2.31. The summed E-state index contributed by atoms with van der Waals surface area (Å²) in [6.07, 6.45) is 1.95. The number of H-pyrrole nitrogens is 1. The van der Waals surface area contributed by atoms with E-state index in [0.29, 0.717) is 13.2 Å². The lowest BCUT2D eigenvalue weighted by atomic mass is 10.1. The molecule has 2 N–H and O–H groups in total. The van der Waals surface area contributed by atoms with Crippen LogP contribution >= 0.6 is 11.8 Å². The van der Waals surface area contributed by atoms with Crippen molar-refractivity contribution in [3.8, 4) is 0 Å². The molecular weight excluding hydrogens is 314 g/mol. The van der Waals surface area contributed by atoms with E-state index in [1.165, 1.54) is 0 Å². The van der Waals surface area contributed by atoms with Gasteiger partial charge in [-0.15, -0.1) is 11.8 Å². The number of benzene rings is 1. The third-order valence-electron chi connectivity index (χ3n) is 3.50. The van der Waals surface area contributed by atoms with Gasteiger partial charge in [-0.05, 0) is 31.0 Å². The third kappa shape index (κ3) is 4.34. The lowest BCUT2D eigenvalue weighted by Gasteiger charge is -2.25. The van der Waals surface area contributed by atoms with Gasteiger partial charge < -0.3 is 9.84 Å². The second kappa shape index (κ2) is 8.14. The predicted octanol–water partition coefficient (Wildman–Crippen LogP) is 2.54. The Morgan fingerprint density at radius 3 is 2.87 bits per heavy atom. The number of hydrogen-bond acceptors (Lipinski definition) is 5. The average Bonchev–Trinajstić information content (AvgIpc) is 2.95. The van der Waals surface area contributed by atoms with Gasteiger partial charge in [0.25, 0.3) is 0 Å². The highest BCUT2D eigenvalue weighted by molar-refractivity contribution is 7.98. The van der Waals surface area contributed by atoms with Crippen molar-refractivity contribution in [3.05, 3.63) is 47.3 Å². The van der Waals surface area contributed by atoms with Crippen molar-refractivity contribution >= 4 is 17.7 Å². The van der Waals surface area contributed by atoms with E-state index in [-0.39, 0.29) is 0 Å². The molecule has 0 amide bonds. The van der Waals surface area contributed by atoms with Crippen LogP contribution in [0.5, 0.6) is 0 Å². The quantitative estimate of drug-likeness (QED) is 0.722. The molecule has 6 nitrogen and oxygen atoms in total. The molecule has 23 heavy (non-hydrogen) atoms. The molecule has 0 unspecified atom stereocenters. The maximum Gasteiger partial charge on any atom is 0.325 e. The number of aromatic amines is 1. The summed E-state index contributed by atoms with van der Waals surface area (Å²) in [5.41, 5.74) is 2.45. The summed E-state index contributed by atoms with van der Waals surface area (Å²) in [6, 6.07) is 8.75. The van der Waals surface area contributed by atoms with Crippen molar-refractivity contribution in [2.75, 3.05) is 20.4 Å². The largest absolute Gasteiger partial charge is 0.480 e. The summed E-state index contributed by atoms with van der Waals surface area (Å²) in [6.45, 7) is 0.883. The molecule has 124 valence electrons. The zero-order valence-electron chi connectivity index (χ0n) is 13.4. The number of carbonyl (C=O) groups is 1. The number of carboxylic acid groups (broad SMARTS) is 1. The molecule has 0 aliphatic rings. The van der Waals surface area contributed by atoms with Crippen LogP contribution in [0, 0.1) is 0 Å². The molecule has 7 heteroatoms. The predicted molar refractivity (Wildman–Crippen MR) is 89.4 cm³/mol. The molecule has 0 aliphatic heterocycles. The smallest absolute Gasteiger partial charge is 0.325 e. The van der Waals surface area contributed by atoms with Crippen LogP contribution < -0.4 is 0 Å². The minimum atomic E-state index is -0.873. The maximum absolute atomic E-state index is 11.8. The molecule has 2 aromatic rings. The fraction of sp³-hybridized carbons (Fsp3) is 0.375. The highest BCUT2D eigenvalue weighted by Crippen LogP contribution is 2.30. The number of thioether (sulfide) groups is 1. The molecule has 0 fully saturated rings. The van der Waals surface area contributed by atoms with Gasteiger partial charge in [-0.2, -0.15) is 5.10 Å². The van der Waals surface area contributed by atoms with Crippen LogP contribution in [-0.2, 0) is 22.7 Å². The number of ether oxygens (including phenoxy) is 1. The summed E-state index contributed by atoms with van der Waals surface area (Å²) >= 11 is 1.55. The van der Waals surface area contributed by atoms with E-state index < -0.39 is 12.0 Å². The van der Waals surface area contributed by atoms with Crippen molar-refractivity contribution in [2.45, 2.75) is 24.1 Å². The number of nitrogens with zero attached hydrogens (tertiary/aromatic N) is 2. The number of aliphatic carboxylic acids is 1. The Hall–Kier alpha value is -1.83. The van der Waals surface area contributed by atoms with Crippen LogP contribution in [0.4, 0.5) is 0 Å². The van der Waals surface area contributed by atoms with Gasteiger partial charge in [-0.25, -0.2) is 0 Å². The molecule has 0 spiro atoms. The van der Waals surface area contributed by atoms with Crippen LogP contribution in [0.2, 0.25) is 0 Å². The SMILES string of the molecule is COCc1cc(CN(C)[C@@H](C(=O)O)c2ccccc2SC)n[nH]1. The fourth-order valence-corrected chi connectivity index (χ4v) is 3.15. The van der Waals surface area contributed by atoms with Gasteiger partial charge in [0.05, 0.1) is 18.0 Å². The Morgan fingerprint density at radius 1 is 1.48 bits per heavy atom. The zero-order valence-corrected chi connectivity index (χ0v) is 14.3. The van der Waals surface area contributed by atoms with Gasteiger partial charge in [0.2, 0.25) is 0 Å². The van der Waals surface area contributed by atoms with Crippen molar-refractivity contribution in [1.29, 1.82) is 0 Å². The Balaban J connectivity index is 2.21. The van der Waals surface area contributed by atoms with Crippen LogP contribution in [0.3, 0.4) is 0 Å². The number of likely N-dealkylation sites (N-methyl/N-ethyl adjacent to an activating group) is 1. The first-order valence-corrected chi connectivity index (χ1v) is 8.37. The van der Waals surface area contributed by atoms with Crippen molar-refractivity contribution in [2.24, 2.45) is 0 Å². The fourth-order valence-electron chi connectivity index (χ4n) is 2.52. The first-order chi connectivity index (χ1) is 11.1. The van der Waals surface area contributed by atoms with Gasteiger partial charge >= 0.3 is 5.97 Å². The van der Waals surface area contributed by atoms with Crippen molar-refractivity contribution in [1.82, 2.24) is 15.1 Å². The molecular formula is C16H21N3O3S. The molecule has 0 radical (unpaired) electrons. The van der Waals surface area contributed by atoms with Gasteiger partial charge in [0.15, 0.2) is 0 Å². The molecule has 0 saturated heterocycles. The van der Waals surface area contributed by atoms with Crippen molar-refractivity contribution < 1.29 is 14.6 Å². The second-order valence-electron chi connectivity index (χ2n) is 5.22. The molecule has 1 heterocycles. The summed E-state index contributed by atoms with van der Waals surface area (Å²) in [4.78, 5) is 14.6. The van der Waals surface area contributed by atoms with E-state index in [4.69, 9.17) is 4.74 Å². The van der Waals surface area contributed by atoms with Gasteiger partial charge in [0.1, 0.15) is 6.04 Å². The van der Waals surface area contributed by atoms with E-state index in [9.17, 15) is 9.90 Å². The number of carboxylic acids is 1. The number of aromatic nitrogens is 2. The van der Waals surface area contributed by atoms with Crippen LogP contribution in [-0.4, -0.2) is 46.6 Å². The summed E-state index contributed by atoms with van der Waals surface area (Å²) in [5.74, 6) is -0.873. The highest BCUT2D eigenvalue weighted by atomic mass is 32.2. The number of methoxy groups -OCH3 is 1. The Bertz CT molecular complexity index is 660. The van der Waals surface area contributed by atoms with Crippen LogP contribution in [0.1, 0.15) is 23.0 Å². The normalized spacial score (nSPS) is 12.5. The summed E-state index contributed by atoms with van der Waals surface area (Å²) < 4.78 is 5.05. The molecule has 2 rings (SSSR count). The van der Waals surface area contributed by atoms with Crippen LogP contribution in [0.25, 0.3) is 0 Å². The second-order valence-corrected chi connectivity index (χ2v) is 6.06. The minimum absolute atomic E-state index is 0.430. The Morgan fingerprint density at radius 2 is 2.22 bits per heavy atom. The highest BCUT2D eigenvalue weighted by Gasteiger charge is 2.27. The summed E-state index contributed by atoms with van der Waals surface area (Å²) in [5, 5.41) is 16.8. The van der Waals surface area contributed by atoms with Gasteiger partial charge in [-0.3, -0.25) is 14.8 Å². The summed E-state index contributed by atoms with van der Waals surface area (Å²) in [7, 11) is 3.41. The van der Waals surface area contributed by atoms with E-state index in [0.717, 1.165) is 21.8 Å². The molecule has 0 bridgehead atoms. The van der Waals surface area contributed by atoms with E-state index >= 15 is 0 Å². The number of rotatable bonds is 8.